The van der Waals surface area contributed by atoms with Crippen molar-refractivity contribution in [1.82, 2.24) is 9.97 Å². The topological polar surface area (TPSA) is 71.8 Å². The number of nitrogens with zero attached hydrogens (tertiary/aromatic N) is 1. The van der Waals surface area contributed by atoms with Gasteiger partial charge in [0.1, 0.15) is 11.6 Å². The van der Waals surface area contributed by atoms with E-state index in [1.165, 1.54) is 11.6 Å². The Bertz CT molecular complexity index is 580. The number of H-pyrrole nitrogens is 1. The molecule has 0 aliphatic heterocycles. The smallest absolute Gasteiger partial charge is 0.252 e. The fourth-order valence-corrected chi connectivity index (χ4v) is 2.34. The molecule has 17 heavy (non-hydrogen) atoms. The van der Waals surface area contributed by atoms with Crippen LogP contribution in [0.15, 0.2) is 40.0 Å². The summed E-state index contributed by atoms with van der Waals surface area (Å²) in [4.78, 5) is 19.1. The first-order chi connectivity index (χ1) is 8.13. The zero-order valence-corrected chi connectivity index (χ0v) is 10.3. The summed E-state index contributed by atoms with van der Waals surface area (Å²) in [6.45, 7) is 2.05. The maximum atomic E-state index is 11.2. The van der Waals surface area contributed by atoms with Gasteiger partial charge in [-0.05, 0) is 19.1 Å². The first-order valence-corrected chi connectivity index (χ1v) is 6.17. The van der Waals surface area contributed by atoms with Gasteiger partial charge in [0.15, 0.2) is 0 Å². The number of aryl methyl sites for hydroxylation is 1. The highest BCUT2D eigenvalue weighted by molar-refractivity contribution is 7.98. The fourth-order valence-electron chi connectivity index (χ4n) is 1.45. The van der Waals surface area contributed by atoms with Crippen LogP contribution in [0.4, 0.5) is 5.82 Å². The minimum Gasteiger partial charge on any atom is -0.383 e. The van der Waals surface area contributed by atoms with Gasteiger partial charge >= 0.3 is 0 Å². The summed E-state index contributed by atoms with van der Waals surface area (Å²) < 4.78 is 0. The Morgan fingerprint density at radius 1 is 1.41 bits per heavy atom. The highest BCUT2D eigenvalue weighted by Gasteiger charge is 2.00. The van der Waals surface area contributed by atoms with Crippen LogP contribution in [0.5, 0.6) is 0 Å². The number of aromatic amines is 1. The molecule has 2 rings (SSSR count). The number of nitrogen functional groups attached to an aromatic ring is 1. The highest BCUT2D eigenvalue weighted by Crippen LogP contribution is 2.21. The molecule has 3 N–H and O–H groups in total. The van der Waals surface area contributed by atoms with Crippen LogP contribution in [0.25, 0.3) is 0 Å². The average molecular weight is 247 g/mol. The average Bonchev–Trinajstić information content (AvgIpc) is 2.25. The third kappa shape index (κ3) is 3.35. The van der Waals surface area contributed by atoms with Gasteiger partial charge in [0.2, 0.25) is 0 Å². The van der Waals surface area contributed by atoms with E-state index in [-0.39, 0.29) is 11.4 Å². The quantitative estimate of drug-likeness (QED) is 0.813. The molecule has 0 amide bonds. The molecule has 0 radical (unpaired) electrons. The molecule has 0 saturated carbocycles. The summed E-state index contributed by atoms with van der Waals surface area (Å²) in [5, 5.41) is 0. The second-order valence-electron chi connectivity index (χ2n) is 3.72. The molecule has 1 heterocycles. The Morgan fingerprint density at radius 2 is 2.24 bits per heavy atom. The lowest BCUT2D eigenvalue weighted by Gasteiger charge is -2.03. The van der Waals surface area contributed by atoms with Crippen molar-refractivity contribution in [2.45, 2.75) is 17.6 Å². The molecular weight excluding hydrogens is 234 g/mol. The molecule has 0 bridgehead atoms. The van der Waals surface area contributed by atoms with Crippen LogP contribution in [-0.2, 0) is 5.75 Å². The first-order valence-electron chi connectivity index (χ1n) is 5.19. The van der Waals surface area contributed by atoms with Crippen LogP contribution in [0.1, 0.15) is 11.4 Å². The lowest BCUT2D eigenvalue weighted by atomic mass is 10.2. The van der Waals surface area contributed by atoms with Gasteiger partial charge in [-0.1, -0.05) is 17.7 Å². The molecular formula is C12H13N3OS. The van der Waals surface area contributed by atoms with Crippen molar-refractivity contribution in [2.24, 2.45) is 0 Å². The number of anilines is 1. The van der Waals surface area contributed by atoms with Gasteiger partial charge in [0.05, 0.1) is 5.75 Å². The van der Waals surface area contributed by atoms with E-state index in [9.17, 15) is 4.79 Å². The van der Waals surface area contributed by atoms with E-state index in [1.807, 2.05) is 25.1 Å². The van der Waals surface area contributed by atoms with Crippen LogP contribution in [-0.4, -0.2) is 9.97 Å². The Morgan fingerprint density at radius 3 is 2.94 bits per heavy atom. The van der Waals surface area contributed by atoms with Gasteiger partial charge in [0.25, 0.3) is 5.56 Å². The SMILES string of the molecule is Cc1cccc(SCc2nc(N)cc(=O)[nH]2)c1. The molecule has 0 fully saturated rings. The molecule has 0 atom stereocenters. The van der Waals surface area contributed by atoms with E-state index in [4.69, 9.17) is 5.73 Å². The zero-order valence-electron chi connectivity index (χ0n) is 9.43. The number of benzene rings is 1. The highest BCUT2D eigenvalue weighted by atomic mass is 32.2. The summed E-state index contributed by atoms with van der Waals surface area (Å²) >= 11 is 1.62. The molecule has 0 aliphatic rings. The maximum absolute atomic E-state index is 11.2. The number of hydrogen-bond acceptors (Lipinski definition) is 4. The monoisotopic (exact) mass is 247 g/mol. The van der Waals surface area contributed by atoms with Gasteiger partial charge in [0, 0.05) is 11.0 Å². The molecule has 1 aromatic carbocycles. The largest absolute Gasteiger partial charge is 0.383 e. The zero-order chi connectivity index (χ0) is 12.3. The fraction of sp³-hybridized carbons (Fsp3) is 0.167. The second kappa shape index (κ2) is 5.05. The van der Waals surface area contributed by atoms with E-state index in [1.54, 1.807) is 11.8 Å². The Hall–Kier alpha value is -1.75. The van der Waals surface area contributed by atoms with E-state index >= 15 is 0 Å². The van der Waals surface area contributed by atoms with Crippen molar-refractivity contribution in [1.29, 1.82) is 0 Å². The predicted molar refractivity (Wildman–Crippen MR) is 70.0 cm³/mol. The molecule has 1 aromatic heterocycles. The summed E-state index contributed by atoms with van der Waals surface area (Å²) in [5.74, 6) is 1.46. The van der Waals surface area contributed by atoms with Crippen molar-refractivity contribution < 1.29 is 0 Å². The number of nitrogens with two attached hydrogens (primary N) is 1. The number of aromatic nitrogens is 2. The van der Waals surface area contributed by atoms with Crippen molar-refractivity contribution in [3.63, 3.8) is 0 Å². The molecule has 0 spiro atoms. The Kier molecular flexibility index (Phi) is 3.49. The third-order valence-corrected chi connectivity index (χ3v) is 3.18. The van der Waals surface area contributed by atoms with E-state index < -0.39 is 0 Å². The van der Waals surface area contributed by atoms with Gasteiger partial charge in [-0.2, -0.15) is 0 Å². The van der Waals surface area contributed by atoms with Crippen LogP contribution in [0.3, 0.4) is 0 Å². The van der Waals surface area contributed by atoms with Gasteiger partial charge in [-0.25, -0.2) is 4.98 Å². The third-order valence-electron chi connectivity index (χ3n) is 2.18. The summed E-state index contributed by atoms with van der Waals surface area (Å²) in [7, 11) is 0. The molecule has 5 heteroatoms. The predicted octanol–water partition coefficient (Wildman–Crippen LogP) is 1.95. The first kappa shape index (κ1) is 11.7. The van der Waals surface area contributed by atoms with Crippen LogP contribution in [0, 0.1) is 6.92 Å². The molecule has 88 valence electrons. The molecule has 4 nitrogen and oxygen atoms in total. The minimum atomic E-state index is -0.211. The van der Waals surface area contributed by atoms with Crippen LogP contribution < -0.4 is 11.3 Å². The summed E-state index contributed by atoms with van der Waals surface area (Å²) in [6, 6.07) is 9.45. The molecule has 0 aliphatic carbocycles. The van der Waals surface area contributed by atoms with Crippen LogP contribution in [0.2, 0.25) is 0 Å². The van der Waals surface area contributed by atoms with Crippen molar-refractivity contribution >= 4 is 17.6 Å². The lowest BCUT2D eigenvalue weighted by molar-refractivity contribution is 1.01. The number of hydrogen-bond donors (Lipinski definition) is 2. The normalized spacial score (nSPS) is 10.4. The van der Waals surface area contributed by atoms with Crippen molar-refractivity contribution in [3.05, 3.63) is 52.1 Å². The van der Waals surface area contributed by atoms with E-state index in [0.717, 1.165) is 4.90 Å². The number of thioether (sulfide) groups is 1. The number of rotatable bonds is 3. The van der Waals surface area contributed by atoms with Gasteiger partial charge in [-0.3, -0.25) is 4.79 Å². The second-order valence-corrected chi connectivity index (χ2v) is 4.77. The molecule has 0 unspecified atom stereocenters. The summed E-state index contributed by atoms with van der Waals surface area (Å²) in [6.07, 6.45) is 0. The molecule has 2 aromatic rings. The van der Waals surface area contributed by atoms with Crippen LogP contribution >= 0.6 is 11.8 Å². The van der Waals surface area contributed by atoms with E-state index in [0.29, 0.717) is 11.6 Å². The van der Waals surface area contributed by atoms with Gasteiger partial charge < -0.3 is 10.7 Å². The summed E-state index contributed by atoms with van der Waals surface area (Å²) in [5.41, 5.74) is 6.51. The minimum absolute atomic E-state index is 0.211. The lowest BCUT2D eigenvalue weighted by Crippen LogP contribution is -2.11. The van der Waals surface area contributed by atoms with Gasteiger partial charge in [-0.15, -0.1) is 11.8 Å². The maximum Gasteiger partial charge on any atom is 0.252 e. The standard InChI is InChI=1S/C12H13N3OS/c1-8-3-2-4-9(5-8)17-7-11-14-10(13)6-12(16)15-11/h2-6H,7H2,1H3,(H3,13,14,15,16). The molecule has 0 saturated heterocycles. The Balaban J connectivity index is 2.09. The Labute approximate surface area is 103 Å². The van der Waals surface area contributed by atoms with E-state index in [2.05, 4.69) is 16.0 Å². The number of nitrogens with one attached hydrogen (secondary N) is 1. The van der Waals surface area contributed by atoms with Crippen molar-refractivity contribution in [3.8, 4) is 0 Å². The van der Waals surface area contributed by atoms with Crippen molar-refractivity contribution in [2.75, 3.05) is 5.73 Å².